The minimum Gasteiger partial charge on any atom is -0.326 e. The molecule has 1 heterocycles. The topological polar surface area (TPSA) is 45.2 Å². The Morgan fingerprint density at radius 3 is 2.53 bits per heavy atom. The van der Waals surface area contributed by atoms with E-state index >= 15 is 0 Å². The predicted octanol–water partition coefficient (Wildman–Crippen LogP) is 2.71. The van der Waals surface area contributed by atoms with Crippen LogP contribution in [-0.4, -0.2) is 17.7 Å². The Kier molecular flexibility index (Phi) is 3.95. The maximum absolute atomic E-state index is 11.6. The number of aliphatic imine (C=N–C) groups is 1. The summed E-state index contributed by atoms with van der Waals surface area (Å²) < 4.78 is 0. The van der Waals surface area contributed by atoms with Crippen LogP contribution in [-0.2, 0) is 6.42 Å². The van der Waals surface area contributed by atoms with E-state index < -0.39 is 0 Å². The van der Waals surface area contributed by atoms with Crippen LogP contribution < -0.4 is 5.56 Å². The van der Waals surface area contributed by atoms with E-state index in [1.807, 2.05) is 37.3 Å². The lowest BCUT2D eigenvalue weighted by Crippen LogP contribution is -2.17. The standard InChI is InChI=1S/C16H18N2O/c1-4-12-10-14(19)18-11(2)15(12)16(17-3)13-8-6-5-7-9-13/h5-10H,4H2,1-3H3,(H,18,19)/b17-16-. The van der Waals surface area contributed by atoms with Crippen molar-refractivity contribution in [3.8, 4) is 0 Å². The molecule has 3 heteroatoms. The van der Waals surface area contributed by atoms with Gasteiger partial charge in [-0.05, 0) is 18.9 Å². The molecule has 0 aliphatic heterocycles. The number of pyridine rings is 1. The largest absolute Gasteiger partial charge is 0.326 e. The number of nitrogens with one attached hydrogen (secondary N) is 1. The zero-order valence-corrected chi connectivity index (χ0v) is 11.5. The molecule has 3 nitrogen and oxygen atoms in total. The van der Waals surface area contributed by atoms with E-state index in [0.717, 1.165) is 34.5 Å². The first-order valence-corrected chi connectivity index (χ1v) is 6.42. The molecule has 0 atom stereocenters. The van der Waals surface area contributed by atoms with Crippen molar-refractivity contribution < 1.29 is 0 Å². The summed E-state index contributed by atoms with van der Waals surface area (Å²) >= 11 is 0. The van der Waals surface area contributed by atoms with Crippen molar-refractivity contribution in [1.82, 2.24) is 4.98 Å². The summed E-state index contributed by atoms with van der Waals surface area (Å²) in [5.74, 6) is 0. The second kappa shape index (κ2) is 5.65. The zero-order valence-electron chi connectivity index (χ0n) is 11.5. The SMILES string of the molecule is CCc1cc(=O)[nH]c(C)c1/C(=N\C)c1ccccc1. The highest BCUT2D eigenvalue weighted by Crippen LogP contribution is 2.17. The molecule has 0 amide bonds. The highest BCUT2D eigenvalue weighted by atomic mass is 16.1. The average molecular weight is 254 g/mol. The number of aryl methyl sites for hydroxylation is 2. The van der Waals surface area contributed by atoms with Crippen LogP contribution in [0.25, 0.3) is 0 Å². The van der Waals surface area contributed by atoms with Crippen LogP contribution >= 0.6 is 0 Å². The first-order valence-electron chi connectivity index (χ1n) is 6.42. The number of aromatic nitrogens is 1. The summed E-state index contributed by atoms with van der Waals surface area (Å²) in [4.78, 5) is 18.9. The molecule has 0 fully saturated rings. The molecule has 2 aromatic rings. The fourth-order valence-electron chi connectivity index (χ4n) is 2.34. The highest BCUT2D eigenvalue weighted by Gasteiger charge is 2.14. The van der Waals surface area contributed by atoms with Gasteiger partial charge in [0, 0.05) is 29.9 Å². The molecule has 0 aliphatic rings. The van der Waals surface area contributed by atoms with Crippen LogP contribution in [0.4, 0.5) is 0 Å². The first kappa shape index (κ1) is 13.3. The first-order chi connectivity index (χ1) is 9.17. The van der Waals surface area contributed by atoms with Crippen molar-refractivity contribution in [2.75, 3.05) is 7.05 Å². The fraction of sp³-hybridized carbons (Fsp3) is 0.250. The summed E-state index contributed by atoms with van der Waals surface area (Å²) in [6.07, 6.45) is 0.811. The van der Waals surface area contributed by atoms with Gasteiger partial charge in [-0.2, -0.15) is 0 Å². The highest BCUT2D eigenvalue weighted by molar-refractivity contribution is 6.14. The molecule has 0 spiro atoms. The molecule has 0 bridgehead atoms. The molecule has 1 aromatic carbocycles. The lowest BCUT2D eigenvalue weighted by atomic mass is 9.95. The van der Waals surface area contributed by atoms with Gasteiger partial charge in [-0.3, -0.25) is 9.79 Å². The molecule has 1 aromatic heterocycles. The molecular weight excluding hydrogens is 236 g/mol. The van der Waals surface area contributed by atoms with Crippen LogP contribution in [0.3, 0.4) is 0 Å². The average Bonchev–Trinajstić information content (AvgIpc) is 2.42. The quantitative estimate of drug-likeness (QED) is 0.841. The van der Waals surface area contributed by atoms with Crippen molar-refractivity contribution in [2.24, 2.45) is 4.99 Å². The number of hydrogen-bond donors (Lipinski definition) is 1. The second-order valence-corrected chi connectivity index (χ2v) is 4.45. The monoisotopic (exact) mass is 254 g/mol. The second-order valence-electron chi connectivity index (χ2n) is 4.45. The van der Waals surface area contributed by atoms with Crippen LogP contribution in [0.2, 0.25) is 0 Å². The number of nitrogens with zero attached hydrogens (tertiary/aromatic N) is 1. The number of rotatable bonds is 3. The summed E-state index contributed by atoms with van der Waals surface area (Å²) in [5, 5.41) is 0. The van der Waals surface area contributed by atoms with Gasteiger partial charge in [0.25, 0.3) is 0 Å². The van der Waals surface area contributed by atoms with Gasteiger partial charge in [-0.25, -0.2) is 0 Å². The Labute approximate surface area is 113 Å². The van der Waals surface area contributed by atoms with Crippen molar-refractivity contribution in [3.63, 3.8) is 0 Å². The summed E-state index contributed by atoms with van der Waals surface area (Å²) in [6.45, 7) is 3.97. The Bertz CT molecular complexity index is 654. The maximum Gasteiger partial charge on any atom is 0.248 e. The van der Waals surface area contributed by atoms with E-state index in [1.165, 1.54) is 0 Å². The van der Waals surface area contributed by atoms with Crippen LogP contribution in [0, 0.1) is 6.92 Å². The van der Waals surface area contributed by atoms with Gasteiger partial charge in [0.05, 0.1) is 5.71 Å². The van der Waals surface area contributed by atoms with Crippen molar-refractivity contribution in [1.29, 1.82) is 0 Å². The summed E-state index contributed by atoms with van der Waals surface area (Å²) in [6, 6.07) is 11.7. The smallest absolute Gasteiger partial charge is 0.248 e. The van der Waals surface area contributed by atoms with E-state index in [4.69, 9.17) is 0 Å². The van der Waals surface area contributed by atoms with Crippen LogP contribution in [0.1, 0.15) is 29.3 Å². The Morgan fingerprint density at radius 2 is 1.95 bits per heavy atom. The number of aromatic amines is 1. The molecule has 19 heavy (non-hydrogen) atoms. The molecule has 0 saturated heterocycles. The van der Waals surface area contributed by atoms with E-state index in [0.29, 0.717) is 0 Å². The third kappa shape index (κ3) is 2.65. The summed E-state index contributed by atoms with van der Waals surface area (Å²) in [5.41, 5.74) is 4.87. The molecule has 0 radical (unpaired) electrons. The molecule has 0 aliphatic carbocycles. The van der Waals surface area contributed by atoms with Crippen LogP contribution in [0.15, 0.2) is 46.2 Å². The molecule has 0 saturated carbocycles. The van der Waals surface area contributed by atoms with Gasteiger partial charge in [-0.1, -0.05) is 37.3 Å². The Balaban J connectivity index is 2.67. The van der Waals surface area contributed by atoms with Gasteiger partial charge >= 0.3 is 0 Å². The third-order valence-electron chi connectivity index (χ3n) is 3.20. The minimum atomic E-state index is -0.0541. The van der Waals surface area contributed by atoms with E-state index in [1.54, 1.807) is 13.1 Å². The van der Waals surface area contributed by atoms with E-state index in [-0.39, 0.29) is 5.56 Å². The summed E-state index contributed by atoms with van der Waals surface area (Å²) in [7, 11) is 1.78. The molecule has 0 unspecified atom stereocenters. The predicted molar refractivity (Wildman–Crippen MR) is 79.2 cm³/mol. The van der Waals surface area contributed by atoms with Gasteiger partial charge in [-0.15, -0.1) is 0 Å². The molecular formula is C16H18N2O. The maximum atomic E-state index is 11.6. The Morgan fingerprint density at radius 1 is 1.26 bits per heavy atom. The molecule has 1 N–H and O–H groups in total. The fourth-order valence-corrected chi connectivity index (χ4v) is 2.34. The van der Waals surface area contributed by atoms with E-state index in [9.17, 15) is 4.79 Å². The van der Waals surface area contributed by atoms with Crippen molar-refractivity contribution >= 4 is 5.71 Å². The lowest BCUT2D eigenvalue weighted by Gasteiger charge is -2.13. The third-order valence-corrected chi connectivity index (χ3v) is 3.20. The van der Waals surface area contributed by atoms with Crippen molar-refractivity contribution in [3.05, 3.63) is 69.1 Å². The van der Waals surface area contributed by atoms with Crippen molar-refractivity contribution in [2.45, 2.75) is 20.3 Å². The number of benzene rings is 1. The van der Waals surface area contributed by atoms with E-state index in [2.05, 4.69) is 16.9 Å². The minimum absolute atomic E-state index is 0.0541. The van der Waals surface area contributed by atoms with Crippen LogP contribution in [0.5, 0.6) is 0 Å². The zero-order chi connectivity index (χ0) is 13.8. The molecule has 2 rings (SSSR count). The Hall–Kier alpha value is -2.16. The lowest BCUT2D eigenvalue weighted by molar-refractivity contribution is 1.05. The number of H-pyrrole nitrogens is 1. The molecule has 98 valence electrons. The normalized spacial score (nSPS) is 11.6. The van der Waals surface area contributed by atoms with Gasteiger partial charge in [0.1, 0.15) is 0 Å². The van der Waals surface area contributed by atoms with Gasteiger partial charge < -0.3 is 4.98 Å². The van der Waals surface area contributed by atoms with Gasteiger partial charge in [0.15, 0.2) is 0 Å². The van der Waals surface area contributed by atoms with Gasteiger partial charge in [0.2, 0.25) is 5.56 Å². The number of hydrogen-bond acceptors (Lipinski definition) is 2.